The van der Waals surface area contributed by atoms with Crippen LogP contribution in [-0.2, 0) is 15.9 Å². The summed E-state index contributed by atoms with van der Waals surface area (Å²) in [6.07, 6.45) is -3.71. The lowest BCUT2D eigenvalue weighted by Crippen LogP contribution is -2.57. The van der Waals surface area contributed by atoms with E-state index in [9.17, 15) is 26.3 Å². The summed E-state index contributed by atoms with van der Waals surface area (Å²) in [5.41, 5.74) is -1.27. The van der Waals surface area contributed by atoms with E-state index < -0.39 is 24.6 Å². The third kappa shape index (κ3) is 7.63. The molecular weight excluding hydrogens is 592 g/mol. The largest absolute Gasteiger partial charge is 0.494 e. The molecule has 43 heavy (non-hydrogen) atoms. The number of nitrogens with zero attached hydrogens (tertiary/aromatic N) is 1. The molecule has 1 aromatic rings. The van der Waals surface area contributed by atoms with Crippen LogP contribution in [0.15, 0.2) is 18.2 Å². The van der Waals surface area contributed by atoms with Crippen LogP contribution >= 0.6 is 12.6 Å². The summed E-state index contributed by atoms with van der Waals surface area (Å²) in [5, 5.41) is 0. The zero-order valence-corrected chi connectivity index (χ0v) is 26.8. The highest BCUT2D eigenvalue weighted by Crippen LogP contribution is 2.61. The number of benzene rings is 1. The first-order valence-corrected chi connectivity index (χ1v) is 15.9. The highest BCUT2D eigenvalue weighted by molar-refractivity contribution is 7.81. The average molecular weight is 640 g/mol. The van der Waals surface area contributed by atoms with E-state index in [1.807, 2.05) is 0 Å². The van der Waals surface area contributed by atoms with Crippen molar-refractivity contribution in [3.05, 3.63) is 29.3 Å². The highest BCUT2D eigenvalue weighted by Gasteiger charge is 2.69. The topological polar surface area (TPSA) is 30.9 Å². The highest BCUT2D eigenvalue weighted by atomic mass is 32.1. The van der Waals surface area contributed by atoms with Crippen molar-refractivity contribution in [2.24, 2.45) is 17.3 Å². The first-order valence-electron chi connectivity index (χ1n) is 15.4. The molecule has 5 unspecified atom stereocenters. The van der Waals surface area contributed by atoms with Crippen LogP contribution in [0.4, 0.5) is 26.3 Å². The maximum atomic E-state index is 13.1. The molecule has 5 atom stereocenters. The fraction of sp³-hybridized carbons (Fsp3) is 0.812. The monoisotopic (exact) mass is 639 g/mol. The van der Waals surface area contributed by atoms with Gasteiger partial charge in [0, 0.05) is 17.8 Å². The molecule has 1 aromatic carbocycles. The Morgan fingerprint density at radius 1 is 0.930 bits per heavy atom. The molecule has 246 valence electrons. The van der Waals surface area contributed by atoms with E-state index >= 15 is 0 Å². The SMILES string of the molecule is CN(CCOC1CCC2C3CCc4cc(OCCC(C)(C)S)ccc4C3CCC12C)CCOC(C)(C(F)(F)F)C(F)(F)F. The van der Waals surface area contributed by atoms with E-state index in [0.717, 1.165) is 50.7 Å². The number of likely N-dealkylation sites (N-methyl/N-ethyl adjacent to an activating group) is 1. The van der Waals surface area contributed by atoms with Gasteiger partial charge in [-0.1, -0.05) is 26.8 Å². The van der Waals surface area contributed by atoms with Crippen LogP contribution in [0.2, 0.25) is 0 Å². The fourth-order valence-corrected chi connectivity index (χ4v) is 7.58. The first kappa shape index (κ1) is 34.7. The van der Waals surface area contributed by atoms with Gasteiger partial charge in [-0.2, -0.15) is 39.0 Å². The number of rotatable bonds is 12. The van der Waals surface area contributed by atoms with E-state index in [4.69, 9.17) is 9.47 Å². The summed E-state index contributed by atoms with van der Waals surface area (Å²) in [6.45, 7) is 7.18. The van der Waals surface area contributed by atoms with Crippen molar-refractivity contribution in [1.29, 1.82) is 0 Å². The molecule has 0 radical (unpaired) electrons. The van der Waals surface area contributed by atoms with Crippen LogP contribution in [-0.4, -0.2) is 73.7 Å². The van der Waals surface area contributed by atoms with Gasteiger partial charge in [-0.15, -0.1) is 0 Å². The number of alkyl halides is 6. The lowest BCUT2D eigenvalue weighted by atomic mass is 9.55. The van der Waals surface area contributed by atoms with E-state index in [-0.39, 0.29) is 29.7 Å². The van der Waals surface area contributed by atoms with Crippen molar-refractivity contribution in [3.63, 3.8) is 0 Å². The molecule has 0 heterocycles. The smallest absolute Gasteiger partial charge is 0.426 e. The lowest BCUT2D eigenvalue weighted by molar-refractivity contribution is -0.374. The Kier molecular flexibility index (Phi) is 10.4. The Morgan fingerprint density at radius 3 is 2.26 bits per heavy atom. The molecule has 0 bridgehead atoms. The van der Waals surface area contributed by atoms with Crippen LogP contribution in [0.25, 0.3) is 0 Å². The molecule has 4 rings (SSSR count). The second kappa shape index (κ2) is 12.9. The van der Waals surface area contributed by atoms with E-state index in [1.165, 1.54) is 11.1 Å². The predicted octanol–water partition coefficient (Wildman–Crippen LogP) is 8.24. The molecule has 0 amide bonds. The second-order valence-electron chi connectivity index (χ2n) is 13.8. The van der Waals surface area contributed by atoms with E-state index in [1.54, 1.807) is 11.9 Å². The average Bonchev–Trinajstić information content (AvgIpc) is 3.22. The van der Waals surface area contributed by atoms with Crippen LogP contribution in [0.5, 0.6) is 5.75 Å². The third-order valence-electron chi connectivity index (χ3n) is 10.3. The Bertz CT molecular complexity index is 1080. The lowest BCUT2D eigenvalue weighted by Gasteiger charge is -2.50. The van der Waals surface area contributed by atoms with E-state index in [2.05, 4.69) is 56.3 Å². The minimum absolute atomic E-state index is 0.0332. The van der Waals surface area contributed by atoms with Gasteiger partial charge in [0.15, 0.2) is 0 Å². The van der Waals surface area contributed by atoms with Crippen LogP contribution in [0, 0.1) is 17.3 Å². The van der Waals surface area contributed by atoms with Gasteiger partial charge in [-0.3, -0.25) is 0 Å². The van der Waals surface area contributed by atoms with Gasteiger partial charge in [-0.25, -0.2) is 0 Å². The van der Waals surface area contributed by atoms with Crippen molar-refractivity contribution < 1.29 is 40.6 Å². The molecular formula is C32H47F6NO3S. The number of hydrogen-bond donors (Lipinski definition) is 1. The van der Waals surface area contributed by atoms with Gasteiger partial charge in [0.2, 0.25) is 0 Å². The molecule has 0 aromatic heterocycles. The Labute approximate surface area is 257 Å². The maximum Gasteiger partial charge on any atom is 0.426 e. The number of thiol groups is 1. The zero-order chi connectivity index (χ0) is 31.8. The first-order chi connectivity index (χ1) is 19.9. The van der Waals surface area contributed by atoms with Crippen LogP contribution in [0.3, 0.4) is 0 Å². The maximum absolute atomic E-state index is 13.1. The Balaban J connectivity index is 1.26. The van der Waals surface area contributed by atoms with Crippen molar-refractivity contribution in [2.75, 3.05) is 40.0 Å². The van der Waals surface area contributed by atoms with Crippen LogP contribution in [0.1, 0.15) is 83.3 Å². The number of aryl methyl sites for hydroxylation is 1. The van der Waals surface area contributed by atoms with Crippen LogP contribution < -0.4 is 4.74 Å². The third-order valence-corrected chi connectivity index (χ3v) is 10.6. The van der Waals surface area contributed by atoms with Crippen molar-refractivity contribution in [2.45, 2.75) is 107 Å². The summed E-state index contributed by atoms with van der Waals surface area (Å²) in [6, 6.07) is 6.60. The van der Waals surface area contributed by atoms with Gasteiger partial charge < -0.3 is 19.1 Å². The Morgan fingerprint density at radius 2 is 1.60 bits per heavy atom. The molecule has 0 saturated heterocycles. The Hall–Kier alpha value is -1.17. The number of fused-ring (bicyclic) bond motifs is 5. The minimum atomic E-state index is -5.55. The fourth-order valence-electron chi connectivity index (χ4n) is 7.49. The number of ether oxygens (including phenoxy) is 3. The zero-order valence-electron chi connectivity index (χ0n) is 25.9. The molecule has 0 aliphatic heterocycles. The van der Waals surface area contributed by atoms with Gasteiger partial charge in [-0.05, 0) is 105 Å². The van der Waals surface area contributed by atoms with Crippen molar-refractivity contribution in [3.8, 4) is 5.75 Å². The summed E-state index contributed by atoms with van der Waals surface area (Å²) < 4.78 is 95.0. The summed E-state index contributed by atoms with van der Waals surface area (Å²) in [7, 11) is 1.65. The number of hydrogen-bond acceptors (Lipinski definition) is 5. The van der Waals surface area contributed by atoms with Gasteiger partial charge in [0.05, 0.1) is 25.9 Å². The van der Waals surface area contributed by atoms with Gasteiger partial charge >= 0.3 is 12.4 Å². The summed E-state index contributed by atoms with van der Waals surface area (Å²) in [5.74, 6) is 2.63. The molecule has 11 heteroatoms. The molecule has 0 spiro atoms. The number of halogens is 6. The van der Waals surface area contributed by atoms with Gasteiger partial charge in [0.25, 0.3) is 5.60 Å². The molecule has 2 fully saturated rings. The minimum Gasteiger partial charge on any atom is -0.494 e. The molecule has 3 aliphatic rings. The normalized spacial score (nSPS) is 28.0. The standard InChI is InChI=1S/C32H47F6NO3S/c1-28(2,43)14-17-40-22-7-9-23-21(20-22)6-8-25-24(23)12-13-29(3)26(25)10-11-27(29)41-18-15-39(5)16-19-42-30(4,31(33,34)35)32(36,37)38/h7,9,20,24-27,43H,6,8,10-19H2,1-5H3. The quantitative estimate of drug-likeness (QED) is 0.184. The summed E-state index contributed by atoms with van der Waals surface area (Å²) in [4.78, 5) is 1.65. The van der Waals surface area contributed by atoms with E-state index in [0.29, 0.717) is 37.5 Å². The van der Waals surface area contributed by atoms with Gasteiger partial charge in [0.1, 0.15) is 5.75 Å². The summed E-state index contributed by atoms with van der Waals surface area (Å²) >= 11 is 4.58. The second-order valence-corrected chi connectivity index (χ2v) is 15.1. The van der Waals surface area contributed by atoms with Crippen molar-refractivity contribution in [1.82, 2.24) is 4.90 Å². The molecule has 0 N–H and O–H groups in total. The molecule has 3 aliphatic carbocycles. The predicted molar refractivity (Wildman–Crippen MR) is 158 cm³/mol. The molecule has 2 saturated carbocycles. The molecule has 4 nitrogen and oxygen atoms in total. The van der Waals surface area contributed by atoms with Crippen molar-refractivity contribution >= 4 is 12.6 Å².